The summed E-state index contributed by atoms with van der Waals surface area (Å²) in [6.45, 7) is 4.76. The van der Waals surface area contributed by atoms with Crippen molar-refractivity contribution in [1.82, 2.24) is 10.6 Å². The lowest BCUT2D eigenvalue weighted by Crippen LogP contribution is -2.50. The quantitative estimate of drug-likeness (QED) is 0.891. The molecule has 2 atom stereocenters. The highest BCUT2D eigenvalue weighted by Gasteiger charge is 2.29. The Morgan fingerprint density at radius 3 is 3.00 bits per heavy atom. The molecule has 3 nitrogen and oxygen atoms in total. The first kappa shape index (κ1) is 14.0. The zero-order valence-electron chi connectivity index (χ0n) is 11.9. The van der Waals surface area contributed by atoms with E-state index in [-0.39, 0.29) is 11.8 Å². The predicted molar refractivity (Wildman–Crippen MR) is 83.9 cm³/mol. The molecule has 1 aromatic carbocycles. The molecule has 2 unspecified atom stereocenters. The number of carbonyl (C=O) groups is 1. The van der Waals surface area contributed by atoms with Crippen LogP contribution in [0, 0.1) is 11.8 Å². The van der Waals surface area contributed by atoms with Gasteiger partial charge in [-0.25, -0.2) is 0 Å². The lowest BCUT2D eigenvalue weighted by Gasteiger charge is -2.32. The molecule has 2 aliphatic heterocycles. The third-order valence-electron chi connectivity index (χ3n) is 4.49. The summed E-state index contributed by atoms with van der Waals surface area (Å²) in [5, 5.41) is 6.80. The third-order valence-corrected chi connectivity index (χ3v) is 5.75. The van der Waals surface area contributed by atoms with Gasteiger partial charge in [0.25, 0.3) is 0 Å². The summed E-state index contributed by atoms with van der Waals surface area (Å²) in [5.41, 5.74) is 2.85. The van der Waals surface area contributed by atoms with Gasteiger partial charge in [0.1, 0.15) is 0 Å². The van der Waals surface area contributed by atoms with Gasteiger partial charge in [0.2, 0.25) is 5.91 Å². The molecule has 1 saturated heterocycles. The van der Waals surface area contributed by atoms with Gasteiger partial charge in [-0.05, 0) is 42.3 Å². The molecule has 108 valence electrons. The van der Waals surface area contributed by atoms with Crippen molar-refractivity contribution in [2.24, 2.45) is 11.8 Å². The number of nitrogens with one attached hydrogen (secondary N) is 2. The van der Waals surface area contributed by atoms with Crippen molar-refractivity contribution in [3.05, 3.63) is 35.4 Å². The topological polar surface area (TPSA) is 41.1 Å². The van der Waals surface area contributed by atoms with Crippen LogP contribution in [0.1, 0.15) is 23.3 Å². The Morgan fingerprint density at radius 1 is 1.45 bits per heavy atom. The monoisotopic (exact) mass is 290 g/mol. The van der Waals surface area contributed by atoms with Crippen LogP contribution in [0.25, 0.3) is 0 Å². The van der Waals surface area contributed by atoms with E-state index < -0.39 is 0 Å². The number of thioether (sulfide) groups is 1. The molecule has 4 heteroatoms. The van der Waals surface area contributed by atoms with Crippen LogP contribution in [0.15, 0.2) is 24.3 Å². The summed E-state index contributed by atoms with van der Waals surface area (Å²) < 4.78 is 0. The first-order valence-electron chi connectivity index (χ1n) is 7.43. The first-order chi connectivity index (χ1) is 9.75. The maximum Gasteiger partial charge on any atom is 0.223 e. The SMILES string of the molecule is CC(C(=O)NCC1SCCc2ccccc21)C1CNC1. The Morgan fingerprint density at radius 2 is 2.25 bits per heavy atom. The molecule has 2 heterocycles. The van der Waals surface area contributed by atoms with Gasteiger partial charge in [-0.15, -0.1) is 0 Å². The van der Waals surface area contributed by atoms with Gasteiger partial charge >= 0.3 is 0 Å². The van der Waals surface area contributed by atoms with E-state index in [1.807, 2.05) is 18.7 Å². The lowest BCUT2D eigenvalue weighted by atomic mass is 9.88. The van der Waals surface area contributed by atoms with Gasteiger partial charge in [-0.1, -0.05) is 31.2 Å². The average molecular weight is 290 g/mol. The molecule has 0 bridgehead atoms. The van der Waals surface area contributed by atoms with Gasteiger partial charge in [0.05, 0.1) is 0 Å². The third kappa shape index (κ3) is 2.86. The van der Waals surface area contributed by atoms with Crippen molar-refractivity contribution in [2.45, 2.75) is 18.6 Å². The van der Waals surface area contributed by atoms with E-state index in [1.165, 1.54) is 11.1 Å². The van der Waals surface area contributed by atoms with E-state index in [9.17, 15) is 4.79 Å². The smallest absolute Gasteiger partial charge is 0.223 e. The van der Waals surface area contributed by atoms with Crippen LogP contribution in [0.4, 0.5) is 0 Å². The second kappa shape index (κ2) is 6.19. The number of carbonyl (C=O) groups excluding carboxylic acids is 1. The van der Waals surface area contributed by atoms with E-state index in [2.05, 4.69) is 34.9 Å². The molecule has 2 aliphatic rings. The maximum atomic E-state index is 12.2. The van der Waals surface area contributed by atoms with Gasteiger partial charge < -0.3 is 10.6 Å². The van der Waals surface area contributed by atoms with Crippen molar-refractivity contribution in [3.63, 3.8) is 0 Å². The molecular formula is C16H22N2OS. The van der Waals surface area contributed by atoms with Crippen LogP contribution in [0.5, 0.6) is 0 Å². The molecule has 3 rings (SSSR count). The minimum absolute atomic E-state index is 0.125. The van der Waals surface area contributed by atoms with Crippen molar-refractivity contribution < 1.29 is 4.79 Å². The van der Waals surface area contributed by atoms with Crippen LogP contribution in [-0.4, -0.2) is 31.3 Å². The molecule has 0 spiro atoms. The van der Waals surface area contributed by atoms with Crippen LogP contribution in [0.3, 0.4) is 0 Å². The molecule has 0 saturated carbocycles. The Bertz CT molecular complexity index is 487. The fourth-order valence-electron chi connectivity index (χ4n) is 2.88. The molecule has 1 aromatic rings. The summed E-state index contributed by atoms with van der Waals surface area (Å²) >= 11 is 1.96. The average Bonchev–Trinajstić information content (AvgIpc) is 2.42. The number of fused-ring (bicyclic) bond motifs is 1. The second-order valence-electron chi connectivity index (χ2n) is 5.76. The molecule has 20 heavy (non-hydrogen) atoms. The number of hydrogen-bond acceptors (Lipinski definition) is 3. The molecule has 0 aliphatic carbocycles. The number of hydrogen-bond donors (Lipinski definition) is 2. The molecule has 1 amide bonds. The zero-order valence-corrected chi connectivity index (χ0v) is 12.7. The van der Waals surface area contributed by atoms with Crippen molar-refractivity contribution in [3.8, 4) is 0 Å². The molecule has 1 fully saturated rings. The molecule has 0 aromatic heterocycles. The fraction of sp³-hybridized carbons (Fsp3) is 0.562. The van der Waals surface area contributed by atoms with E-state index in [1.54, 1.807) is 0 Å². The highest BCUT2D eigenvalue weighted by Crippen LogP contribution is 2.36. The van der Waals surface area contributed by atoms with E-state index >= 15 is 0 Å². The molecule has 2 N–H and O–H groups in total. The number of rotatable bonds is 4. The number of aryl methyl sites for hydroxylation is 1. The summed E-state index contributed by atoms with van der Waals surface area (Å²) in [6.07, 6.45) is 1.15. The van der Waals surface area contributed by atoms with Crippen molar-refractivity contribution in [2.75, 3.05) is 25.4 Å². The normalized spacial score (nSPS) is 23.6. The largest absolute Gasteiger partial charge is 0.354 e. The van der Waals surface area contributed by atoms with Crippen molar-refractivity contribution >= 4 is 17.7 Å². The highest BCUT2D eigenvalue weighted by molar-refractivity contribution is 7.99. The van der Waals surface area contributed by atoms with Crippen molar-refractivity contribution in [1.29, 1.82) is 0 Å². The second-order valence-corrected chi connectivity index (χ2v) is 7.07. The van der Waals surface area contributed by atoms with Crippen LogP contribution in [0.2, 0.25) is 0 Å². The summed E-state index contributed by atoms with van der Waals surface area (Å²) in [7, 11) is 0. The van der Waals surface area contributed by atoms with Crippen LogP contribution in [-0.2, 0) is 11.2 Å². The minimum Gasteiger partial charge on any atom is -0.354 e. The first-order valence-corrected chi connectivity index (χ1v) is 8.48. The maximum absolute atomic E-state index is 12.2. The van der Waals surface area contributed by atoms with E-state index in [4.69, 9.17) is 0 Å². The fourth-order valence-corrected chi connectivity index (χ4v) is 4.11. The molecular weight excluding hydrogens is 268 g/mol. The summed E-state index contributed by atoms with van der Waals surface area (Å²) in [5.74, 6) is 2.00. The van der Waals surface area contributed by atoms with Gasteiger partial charge in [-0.3, -0.25) is 4.79 Å². The highest BCUT2D eigenvalue weighted by atomic mass is 32.2. The van der Waals surface area contributed by atoms with Gasteiger partial charge in [-0.2, -0.15) is 11.8 Å². The summed E-state index contributed by atoms with van der Waals surface area (Å²) in [6, 6.07) is 8.63. The predicted octanol–water partition coefficient (Wildman–Crippen LogP) is 1.99. The van der Waals surface area contributed by atoms with E-state index in [0.717, 1.165) is 31.8 Å². The summed E-state index contributed by atoms with van der Waals surface area (Å²) in [4.78, 5) is 12.2. The van der Waals surface area contributed by atoms with E-state index in [0.29, 0.717) is 11.2 Å². The Kier molecular flexibility index (Phi) is 4.32. The Balaban J connectivity index is 1.57. The van der Waals surface area contributed by atoms with Gasteiger partial charge in [0.15, 0.2) is 0 Å². The standard InChI is InChI=1S/C16H22N2OS/c1-11(13-8-17-9-13)16(19)18-10-15-14-5-3-2-4-12(14)6-7-20-15/h2-5,11,13,15,17H,6-10H2,1H3,(H,18,19). The Labute approximate surface area is 124 Å². The Hall–Kier alpha value is -1.00. The minimum atomic E-state index is 0.125. The van der Waals surface area contributed by atoms with Crippen LogP contribution < -0.4 is 10.6 Å². The number of amides is 1. The van der Waals surface area contributed by atoms with Gasteiger partial charge in [0, 0.05) is 17.7 Å². The molecule has 0 radical (unpaired) electrons. The van der Waals surface area contributed by atoms with Crippen LogP contribution >= 0.6 is 11.8 Å². The zero-order chi connectivity index (χ0) is 13.9. The number of benzene rings is 1. The lowest BCUT2D eigenvalue weighted by molar-refractivity contribution is -0.126.